The predicted molar refractivity (Wildman–Crippen MR) is 133 cm³/mol. The van der Waals surface area contributed by atoms with E-state index in [1.165, 1.54) is 0 Å². The first-order valence-corrected chi connectivity index (χ1v) is 11.8. The maximum atomic E-state index is 12.1. The molecule has 9 heteroatoms. The molecule has 4 aromatic rings. The number of ether oxygens (including phenoxy) is 2. The minimum absolute atomic E-state index is 0.0703. The van der Waals surface area contributed by atoms with Crippen LogP contribution in [0.15, 0.2) is 59.2 Å². The molecular formula is C25H20BrClN4O3. The molecule has 1 aliphatic rings. The summed E-state index contributed by atoms with van der Waals surface area (Å²) >= 11 is 9.84. The lowest BCUT2D eigenvalue weighted by Crippen LogP contribution is -2.31. The second-order valence-corrected chi connectivity index (χ2v) is 8.98. The third kappa shape index (κ3) is 4.38. The van der Waals surface area contributed by atoms with Crippen molar-refractivity contribution < 1.29 is 14.3 Å². The Morgan fingerprint density at radius 2 is 2.03 bits per heavy atom. The Kier molecular flexibility index (Phi) is 6.26. The summed E-state index contributed by atoms with van der Waals surface area (Å²) < 4.78 is 12.3. The molecule has 2 aromatic heterocycles. The highest BCUT2D eigenvalue weighted by molar-refractivity contribution is 9.10. The van der Waals surface area contributed by atoms with Gasteiger partial charge in [-0.05, 0) is 46.3 Å². The third-order valence-electron chi connectivity index (χ3n) is 5.55. The van der Waals surface area contributed by atoms with Gasteiger partial charge in [-0.3, -0.25) is 4.79 Å². The number of hydrogen-bond donors (Lipinski definition) is 2. The van der Waals surface area contributed by atoms with Crippen molar-refractivity contribution in [3.63, 3.8) is 0 Å². The SMILES string of the molecule is COc1cc(-c2nccc(-c3cc4c([nH]3)CCNC4=O)n2)cc(Br)c1OCc1ccccc1Cl. The zero-order valence-electron chi connectivity index (χ0n) is 18.2. The van der Waals surface area contributed by atoms with Crippen molar-refractivity contribution in [2.75, 3.05) is 13.7 Å². The van der Waals surface area contributed by atoms with Crippen molar-refractivity contribution in [2.24, 2.45) is 0 Å². The van der Waals surface area contributed by atoms with Crippen LogP contribution in [0.1, 0.15) is 21.6 Å². The fourth-order valence-electron chi connectivity index (χ4n) is 3.83. The van der Waals surface area contributed by atoms with Crippen LogP contribution < -0.4 is 14.8 Å². The number of halogens is 2. The molecule has 1 aliphatic heterocycles. The maximum Gasteiger partial charge on any atom is 0.253 e. The number of amides is 1. The Balaban J connectivity index is 1.45. The van der Waals surface area contributed by atoms with Crippen LogP contribution >= 0.6 is 27.5 Å². The highest BCUT2D eigenvalue weighted by Crippen LogP contribution is 2.40. The number of methoxy groups -OCH3 is 1. The van der Waals surface area contributed by atoms with Gasteiger partial charge in [0.15, 0.2) is 17.3 Å². The predicted octanol–water partition coefficient (Wildman–Crippen LogP) is 5.43. The molecule has 0 aliphatic carbocycles. The summed E-state index contributed by atoms with van der Waals surface area (Å²) in [5, 5.41) is 3.50. The fourth-order valence-corrected chi connectivity index (χ4v) is 4.58. The van der Waals surface area contributed by atoms with Crippen LogP contribution in [0.4, 0.5) is 0 Å². The van der Waals surface area contributed by atoms with E-state index < -0.39 is 0 Å². The Morgan fingerprint density at radius 3 is 2.82 bits per heavy atom. The first kappa shape index (κ1) is 22.4. The lowest BCUT2D eigenvalue weighted by atomic mass is 10.1. The first-order valence-electron chi connectivity index (χ1n) is 10.6. The minimum atomic E-state index is -0.0703. The van der Waals surface area contributed by atoms with Gasteiger partial charge in [0.05, 0.1) is 28.5 Å². The zero-order valence-corrected chi connectivity index (χ0v) is 20.5. The lowest BCUT2D eigenvalue weighted by Gasteiger charge is -2.15. The van der Waals surface area contributed by atoms with E-state index in [2.05, 4.69) is 31.2 Å². The van der Waals surface area contributed by atoms with Gasteiger partial charge < -0.3 is 19.8 Å². The molecule has 0 spiro atoms. The number of benzene rings is 2. The molecule has 2 aromatic carbocycles. The van der Waals surface area contributed by atoms with Crippen molar-refractivity contribution in [2.45, 2.75) is 13.0 Å². The molecule has 34 heavy (non-hydrogen) atoms. The number of hydrogen-bond acceptors (Lipinski definition) is 5. The molecule has 3 heterocycles. The summed E-state index contributed by atoms with van der Waals surface area (Å²) in [5.74, 6) is 1.55. The quantitative estimate of drug-likeness (QED) is 0.341. The lowest BCUT2D eigenvalue weighted by molar-refractivity contribution is 0.0946. The molecule has 5 rings (SSSR count). The van der Waals surface area contributed by atoms with Crippen LogP contribution in [-0.2, 0) is 13.0 Å². The molecular weight excluding hydrogens is 520 g/mol. The molecule has 0 saturated carbocycles. The first-order chi connectivity index (χ1) is 16.5. The average molecular weight is 540 g/mol. The number of fused-ring (bicyclic) bond motifs is 1. The van der Waals surface area contributed by atoms with E-state index in [1.807, 2.05) is 48.5 Å². The van der Waals surface area contributed by atoms with Gasteiger partial charge in [-0.2, -0.15) is 0 Å². The molecule has 0 fully saturated rings. The molecule has 0 bridgehead atoms. The van der Waals surface area contributed by atoms with E-state index in [9.17, 15) is 4.79 Å². The number of carbonyl (C=O) groups excluding carboxylic acids is 1. The highest BCUT2D eigenvalue weighted by atomic mass is 79.9. The normalized spacial score (nSPS) is 12.7. The standard InChI is InChI=1S/C25H20BrClN4O3/c1-33-22-11-15(10-17(26)23(22)34-13-14-4-2-3-5-18(14)27)24-28-8-7-20(31-24)21-12-16-19(30-21)6-9-29-25(16)32/h2-5,7-8,10-12,30H,6,9,13H2,1H3,(H,29,32). The van der Waals surface area contributed by atoms with Gasteiger partial charge >= 0.3 is 0 Å². The van der Waals surface area contributed by atoms with Crippen LogP contribution in [-0.4, -0.2) is 34.5 Å². The largest absolute Gasteiger partial charge is 0.493 e. The van der Waals surface area contributed by atoms with Gasteiger partial charge in [0.25, 0.3) is 5.91 Å². The van der Waals surface area contributed by atoms with Crippen LogP contribution in [0.25, 0.3) is 22.8 Å². The summed E-state index contributed by atoms with van der Waals surface area (Å²) in [6, 6.07) is 14.9. The van der Waals surface area contributed by atoms with Gasteiger partial charge in [-0.1, -0.05) is 29.8 Å². The van der Waals surface area contributed by atoms with Crippen LogP contribution in [0, 0.1) is 0 Å². The average Bonchev–Trinajstić information content (AvgIpc) is 3.30. The Bertz CT molecular complexity index is 1390. The van der Waals surface area contributed by atoms with Crippen molar-refractivity contribution in [1.82, 2.24) is 20.3 Å². The van der Waals surface area contributed by atoms with Gasteiger partial charge in [0, 0.05) is 41.0 Å². The number of aromatic amines is 1. The summed E-state index contributed by atoms with van der Waals surface area (Å²) in [6.45, 7) is 0.921. The van der Waals surface area contributed by atoms with Crippen LogP contribution in [0.3, 0.4) is 0 Å². The minimum Gasteiger partial charge on any atom is -0.493 e. The van der Waals surface area contributed by atoms with E-state index in [-0.39, 0.29) is 5.91 Å². The zero-order chi connectivity index (χ0) is 23.7. The number of nitrogens with one attached hydrogen (secondary N) is 2. The summed E-state index contributed by atoms with van der Waals surface area (Å²) in [4.78, 5) is 24.6. The Labute approximate surface area is 209 Å². The molecule has 0 saturated heterocycles. The summed E-state index contributed by atoms with van der Waals surface area (Å²) in [5.41, 5.74) is 4.68. The molecule has 172 valence electrons. The Morgan fingerprint density at radius 1 is 1.18 bits per heavy atom. The van der Waals surface area contributed by atoms with Gasteiger partial charge in [-0.25, -0.2) is 9.97 Å². The monoisotopic (exact) mass is 538 g/mol. The van der Waals surface area contributed by atoms with Crippen molar-refractivity contribution in [3.8, 4) is 34.3 Å². The van der Waals surface area contributed by atoms with E-state index in [0.29, 0.717) is 51.2 Å². The van der Waals surface area contributed by atoms with Crippen molar-refractivity contribution >= 4 is 33.4 Å². The van der Waals surface area contributed by atoms with Gasteiger partial charge in [0.2, 0.25) is 0 Å². The number of aromatic nitrogens is 3. The second-order valence-electron chi connectivity index (χ2n) is 7.72. The van der Waals surface area contributed by atoms with Gasteiger partial charge in [0.1, 0.15) is 6.61 Å². The molecule has 0 atom stereocenters. The summed E-state index contributed by atoms with van der Waals surface area (Å²) in [6.07, 6.45) is 2.46. The van der Waals surface area contributed by atoms with E-state index >= 15 is 0 Å². The number of rotatable bonds is 6. The molecule has 0 unspecified atom stereocenters. The summed E-state index contributed by atoms with van der Waals surface area (Å²) in [7, 11) is 1.58. The van der Waals surface area contributed by atoms with Crippen molar-refractivity contribution in [1.29, 1.82) is 0 Å². The Hall–Kier alpha value is -3.36. The number of carbonyl (C=O) groups is 1. The molecule has 1 amide bonds. The molecule has 2 N–H and O–H groups in total. The maximum absolute atomic E-state index is 12.1. The molecule has 0 radical (unpaired) electrons. The smallest absolute Gasteiger partial charge is 0.253 e. The molecule has 7 nitrogen and oxygen atoms in total. The number of nitrogens with zero attached hydrogens (tertiary/aromatic N) is 2. The van der Waals surface area contributed by atoms with E-state index in [4.69, 9.17) is 26.1 Å². The van der Waals surface area contributed by atoms with Crippen LogP contribution in [0.5, 0.6) is 11.5 Å². The van der Waals surface area contributed by atoms with Gasteiger partial charge in [-0.15, -0.1) is 0 Å². The highest BCUT2D eigenvalue weighted by Gasteiger charge is 2.21. The van der Waals surface area contributed by atoms with E-state index in [1.54, 1.807) is 13.3 Å². The number of H-pyrrole nitrogens is 1. The fraction of sp³-hybridized carbons (Fsp3) is 0.160. The second kappa shape index (κ2) is 9.48. The van der Waals surface area contributed by atoms with E-state index in [0.717, 1.165) is 28.9 Å². The topological polar surface area (TPSA) is 89.1 Å². The van der Waals surface area contributed by atoms with Crippen LogP contribution in [0.2, 0.25) is 5.02 Å². The third-order valence-corrected chi connectivity index (χ3v) is 6.51. The van der Waals surface area contributed by atoms with Crippen molar-refractivity contribution in [3.05, 3.63) is 81.0 Å².